The predicted molar refractivity (Wildman–Crippen MR) is 117 cm³/mol. The number of methoxy groups -OCH3 is 1. The number of benzene rings is 3. The first kappa shape index (κ1) is 20.9. The largest absolute Gasteiger partial charge is 0.495 e. The monoisotopic (exact) mass is 404 g/mol. The molecule has 0 saturated carbocycles. The Kier molecular flexibility index (Phi) is 7.44. The number of carbonyl (C=O) groups excluding carboxylic acids is 2. The zero-order valence-corrected chi connectivity index (χ0v) is 16.8. The van der Waals surface area contributed by atoms with Gasteiger partial charge in [0.25, 0.3) is 5.91 Å². The van der Waals surface area contributed by atoms with Crippen molar-refractivity contribution in [3.63, 3.8) is 0 Å². The lowest BCUT2D eigenvalue weighted by Crippen LogP contribution is -2.14. The summed E-state index contributed by atoms with van der Waals surface area (Å²) in [6, 6.07) is 23.4. The predicted octanol–water partition coefficient (Wildman–Crippen LogP) is 4.75. The highest BCUT2D eigenvalue weighted by molar-refractivity contribution is 6.05. The Labute approximate surface area is 175 Å². The highest BCUT2D eigenvalue weighted by Crippen LogP contribution is 2.24. The Morgan fingerprint density at radius 2 is 1.53 bits per heavy atom. The van der Waals surface area contributed by atoms with Crippen LogP contribution in [0.1, 0.15) is 23.2 Å². The maximum atomic E-state index is 12.4. The Morgan fingerprint density at radius 1 is 0.833 bits per heavy atom. The van der Waals surface area contributed by atoms with E-state index in [0.717, 1.165) is 5.75 Å². The minimum absolute atomic E-state index is 0.0992. The molecule has 2 amide bonds. The molecule has 3 rings (SSSR count). The van der Waals surface area contributed by atoms with Crippen molar-refractivity contribution < 1.29 is 19.1 Å². The molecule has 6 heteroatoms. The molecule has 3 aromatic rings. The third kappa shape index (κ3) is 6.10. The first-order chi connectivity index (χ1) is 14.7. The third-order valence-electron chi connectivity index (χ3n) is 4.35. The number of para-hydroxylation sites is 3. The summed E-state index contributed by atoms with van der Waals surface area (Å²) in [4.78, 5) is 24.5. The smallest absolute Gasteiger partial charge is 0.255 e. The van der Waals surface area contributed by atoms with Crippen LogP contribution in [0.2, 0.25) is 0 Å². The van der Waals surface area contributed by atoms with Crippen LogP contribution >= 0.6 is 0 Å². The first-order valence-corrected chi connectivity index (χ1v) is 9.68. The zero-order chi connectivity index (χ0) is 21.2. The molecule has 0 aliphatic carbocycles. The van der Waals surface area contributed by atoms with E-state index in [0.29, 0.717) is 42.1 Å². The van der Waals surface area contributed by atoms with E-state index in [9.17, 15) is 9.59 Å². The number of amides is 2. The van der Waals surface area contributed by atoms with Gasteiger partial charge in [0.05, 0.1) is 19.4 Å². The Bertz CT molecular complexity index is 972. The van der Waals surface area contributed by atoms with Crippen molar-refractivity contribution in [1.82, 2.24) is 0 Å². The second kappa shape index (κ2) is 10.7. The SMILES string of the molecule is COc1ccccc1NC(=O)c1ccc(NC(=O)CCCOc2ccccc2)cc1. The molecule has 3 aromatic carbocycles. The maximum absolute atomic E-state index is 12.4. The quantitative estimate of drug-likeness (QED) is 0.505. The standard InChI is InChI=1S/C24H24N2O4/c1-29-22-11-6-5-10-21(22)26-24(28)18-13-15-19(16-14-18)25-23(27)12-7-17-30-20-8-3-2-4-9-20/h2-6,8-11,13-16H,7,12,17H2,1H3,(H,25,27)(H,26,28). The Balaban J connectivity index is 1.45. The molecule has 0 saturated heterocycles. The minimum atomic E-state index is -0.254. The molecule has 0 atom stereocenters. The summed E-state index contributed by atoms with van der Waals surface area (Å²) < 4.78 is 10.8. The van der Waals surface area contributed by atoms with Crippen molar-refractivity contribution in [2.75, 3.05) is 24.4 Å². The van der Waals surface area contributed by atoms with Gasteiger partial charge in [-0.1, -0.05) is 30.3 Å². The van der Waals surface area contributed by atoms with Crippen molar-refractivity contribution in [2.24, 2.45) is 0 Å². The van der Waals surface area contributed by atoms with Crippen molar-refractivity contribution in [3.05, 3.63) is 84.4 Å². The van der Waals surface area contributed by atoms with Crippen molar-refractivity contribution in [1.29, 1.82) is 0 Å². The van der Waals surface area contributed by atoms with Gasteiger partial charge in [-0.05, 0) is 55.0 Å². The summed E-state index contributed by atoms with van der Waals surface area (Å²) >= 11 is 0. The van der Waals surface area contributed by atoms with Gasteiger partial charge in [0.15, 0.2) is 0 Å². The lowest BCUT2D eigenvalue weighted by molar-refractivity contribution is -0.116. The summed E-state index contributed by atoms with van der Waals surface area (Å²) in [5, 5.41) is 5.65. The minimum Gasteiger partial charge on any atom is -0.495 e. The summed E-state index contributed by atoms with van der Waals surface area (Å²) in [7, 11) is 1.55. The molecule has 0 spiro atoms. The van der Waals surface area contributed by atoms with Crippen molar-refractivity contribution in [2.45, 2.75) is 12.8 Å². The zero-order valence-electron chi connectivity index (χ0n) is 16.8. The molecule has 0 radical (unpaired) electrons. The normalized spacial score (nSPS) is 10.2. The molecule has 30 heavy (non-hydrogen) atoms. The summed E-state index contributed by atoms with van der Waals surface area (Å²) in [5.41, 5.74) is 1.72. The average molecular weight is 404 g/mol. The molecule has 0 aromatic heterocycles. The highest BCUT2D eigenvalue weighted by atomic mass is 16.5. The van der Waals surface area contributed by atoms with Gasteiger partial charge in [0.1, 0.15) is 11.5 Å². The molecule has 154 valence electrons. The summed E-state index contributed by atoms with van der Waals surface area (Å²) in [5.74, 6) is 1.03. The van der Waals surface area contributed by atoms with Crippen LogP contribution in [0.25, 0.3) is 0 Å². The molecule has 6 nitrogen and oxygen atoms in total. The van der Waals surface area contributed by atoms with Gasteiger partial charge in [0.2, 0.25) is 5.91 Å². The number of hydrogen-bond donors (Lipinski definition) is 2. The summed E-state index contributed by atoms with van der Waals surface area (Å²) in [6.45, 7) is 0.472. The lowest BCUT2D eigenvalue weighted by atomic mass is 10.1. The number of carbonyl (C=O) groups is 2. The van der Waals surface area contributed by atoms with E-state index in [2.05, 4.69) is 10.6 Å². The second-order valence-corrected chi connectivity index (χ2v) is 6.55. The fraction of sp³-hybridized carbons (Fsp3) is 0.167. The van der Waals surface area contributed by atoms with E-state index >= 15 is 0 Å². The van der Waals surface area contributed by atoms with Gasteiger partial charge in [-0.15, -0.1) is 0 Å². The van der Waals surface area contributed by atoms with Crippen LogP contribution in [0.15, 0.2) is 78.9 Å². The molecule has 2 N–H and O–H groups in total. The fourth-order valence-electron chi connectivity index (χ4n) is 2.81. The molecule has 0 bridgehead atoms. The van der Waals surface area contributed by atoms with E-state index in [4.69, 9.17) is 9.47 Å². The molecular weight excluding hydrogens is 380 g/mol. The van der Waals surface area contributed by atoms with Crippen LogP contribution in [0.3, 0.4) is 0 Å². The van der Waals surface area contributed by atoms with Crippen molar-refractivity contribution >= 4 is 23.2 Å². The van der Waals surface area contributed by atoms with Crippen LogP contribution in [0, 0.1) is 0 Å². The molecule has 0 heterocycles. The third-order valence-corrected chi connectivity index (χ3v) is 4.35. The molecular formula is C24H24N2O4. The van der Waals surface area contributed by atoms with Gasteiger partial charge < -0.3 is 20.1 Å². The Morgan fingerprint density at radius 3 is 2.27 bits per heavy atom. The van der Waals surface area contributed by atoms with Crippen LogP contribution < -0.4 is 20.1 Å². The van der Waals surface area contributed by atoms with Crippen LogP contribution in [-0.2, 0) is 4.79 Å². The molecule has 0 aliphatic heterocycles. The average Bonchev–Trinajstić information content (AvgIpc) is 2.78. The van der Waals surface area contributed by atoms with E-state index in [-0.39, 0.29) is 11.8 Å². The Hall–Kier alpha value is -3.80. The second-order valence-electron chi connectivity index (χ2n) is 6.55. The molecule has 0 aliphatic rings. The molecule has 0 fully saturated rings. The van der Waals surface area contributed by atoms with Crippen LogP contribution in [-0.4, -0.2) is 25.5 Å². The first-order valence-electron chi connectivity index (χ1n) is 9.68. The maximum Gasteiger partial charge on any atom is 0.255 e. The van der Waals surface area contributed by atoms with Gasteiger partial charge >= 0.3 is 0 Å². The van der Waals surface area contributed by atoms with E-state index < -0.39 is 0 Å². The van der Waals surface area contributed by atoms with E-state index in [1.54, 1.807) is 43.5 Å². The van der Waals surface area contributed by atoms with Gasteiger partial charge in [0, 0.05) is 17.7 Å². The van der Waals surface area contributed by atoms with Gasteiger partial charge in [-0.2, -0.15) is 0 Å². The van der Waals surface area contributed by atoms with Gasteiger partial charge in [-0.3, -0.25) is 9.59 Å². The van der Waals surface area contributed by atoms with Crippen molar-refractivity contribution in [3.8, 4) is 11.5 Å². The van der Waals surface area contributed by atoms with Crippen LogP contribution in [0.5, 0.6) is 11.5 Å². The lowest BCUT2D eigenvalue weighted by Gasteiger charge is -2.10. The number of anilines is 2. The van der Waals surface area contributed by atoms with E-state index in [1.807, 2.05) is 42.5 Å². The summed E-state index contributed by atoms with van der Waals surface area (Å²) in [6.07, 6.45) is 0.961. The number of nitrogens with one attached hydrogen (secondary N) is 2. The molecule has 0 unspecified atom stereocenters. The number of rotatable bonds is 9. The topological polar surface area (TPSA) is 76.7 Å². The van der Waals surface area contributed by atoms with Crippen LogP contribution in [0.4, 0.5) is 11.4 Å². The number of ether oxygens (including phenoxy) is 2. The number of hydrogen-bond acceptors (Lipinski definition) is 4. The van der Waals surface area contributed by atoms with E-state index in [1.165, 1.54) is 0 Å². The fourth-order valence-corrected chi connectivity index (χ4v) is 2.81. The van der Waals surface area contributed by atoms with Gasteiger partial charge in [-0.25, -0.2) is 0 Å². The highest BCUT2D eigenvalue weighted by Gasteiger charge is 2.10.